The predicted molar refractivity (Wildman–Crippen MR) is 76.3 cm³/mol. The molecule has 0 aliphatic heterocycles. The van der Waals surface area contributed by atoms with Gasteiger partial charge in [0.05, 0.1) is 6.42 Å². The molecule has 1 aliphatic carbocycles. The molecule has 0 radical (unpaired) electrons. The molecule has 0 unspecified atom stereocenters. The molecule has 0 atom stereocenters. The van der Waals surface area contributed by atoms with Crippen LogP contribution in [0.3, 0.4) is 0 Å². The van der Waals surface area contributed by atoms with Crippen LogP contribution in [-0.2, 0) is 11.2 Å². The van der Waals surface area contributed by atoms with Gasteiger partial charge in [-0.3, -0.25) is 4.79 Å². The van der Waals surface area contributed by atoms with Gasteiger partial charge in [-0.1, -0.05) is 15.9 Å². The number of hydrogen-bond donors (Lipinski definition) is 1. The van der Waals surface area contributed by atoms with Crippen LogP contribution in [-0.4, -0.2) is 12.5 Å². The number of hydrogen-bond acceptors (Lipinski definition) is 1. The quantitative estimate of drug-likeness (QED) is 0.782. The molecule has 1 aromatic carbocycles. The van der Waals surface area contributed by atoms with Gasteiger partial charge in [0.1, 0.15) is 0 Å². The van der Waals surface area contributed by atoms with Crippen LogP contribution in [0.15, 0.2) is 22.7 Å². The van der Waals surface area contributed by atoms with Gasteiger partial charge in [0, 0.05) is 14.6 Å². The van der Waals surface area contributed by atoms with Crippen molar-refractivity contribution in [3.8, 4) is 0 Å². The second kappa shape index (κ2) is 5.49. The van der Waals surface area contributed by atoms with Crippen molar-refractivity contribution >= 4 is 44.4 Å². The van der Waals surface area contributed by atoms with E-state index in [1.54, 1.807) is 0 Å². The standard InChI is InChI=1S/C12H13BrINO/c13-10-3-4-11(14)9(5-10)6-12(16)15-7-8-1-2-8/h3-5,8H,1-2,6-7H2,(H,15,16). The first-order chi connectivity index (χ1) is 7.65. The first kappa shape index (κ1) is 12.4. The first-order valence-electron chi connectivity index (χ1n) is 5.36. The summed E-state index contributed by atoms with van der Waals surface area (Å²) < 4.78 is 2.17. The Kier molecular flexibility index (Phi) is 4.24. The maximum atomic E-state index is 11.7. The van der Waals surface area contributed by atoms with Crippen molar-refractivity contribution in [2.75, 3.05) is 6.54 Å². The fraction of sp³-hybridized carbons (Fsp3) is 0.417. The van der Waals surface area contributed by atoms with Crippen LogP contribution in [0, 0.1) is 9.49 Å². The Bertz CT molecular complexity index is 404. The molecule has 0 aromatic heterocycles. The van der Waals surface area contributed by atoms with E-state index in [4.69, 9.17) is 0 Å². The normalized spacial score (nSPS) is 14.9. The molecule has 0 spiro atoms. The summed E-state index contributed by atoms with van der Waals surface area (Å²) in [5.74, 6) is 0.869. The molecular weight excluding hydrogens is 381 g/mol. The first-order valence-corrected chi connectivity index (χ1v) is 7.23. The van der Waals surface area contributed by atoms with E-state index in [1.165, 1.54) is 12.8 Å². The summed E-state index contributed by atoms with van der Waals surface area (Å²) in [5, 5.41) is 2.98. The Balaban J connectivity index is 1.91. The molecule has 0 saturated heterocycles. The van der Waals surface area contributed by atoms with Gasteiger partial charge in [0.15, 0.2) is 0 Å². The Morgan fingerprint density at radius 2 is 2.25 bits per heavy atom. The van der Waals surface area contributed by atoms with Crippen LogP contribution in [0.5, 0.6) is 0 Å². The average molecular weight is 394 g/mol. The summed E-state index contributed by atoms with van der Waals surface area (Å²) in [6.45, 7) is 0.851. The lowest BCUT2D eigenvalue weighted by Gasteiger charge is -2.06. The Morgan fingerprint density at radius 1 is 1.50 bits per heavy atom. The molecule has 16 heavy (non-hydrogen) atoms. The zero-order valence-electron chi connectivity index (χ0n) is 8.80. The molecule has 1 amide bonds. The highest BCUT2D eigenvalue weighted by Gasteiger charge is 2.21. The van der Waals surface area contributed by atoms with Gasteiger partial charge >= 0.3 is 0 Å². The van der Waals surface area contributed by atoms with Crippen molar-refractivity contribution in [2.45, 2.75) is 19.3 Å². The minimum absolute atomic E-state index is 0.128. The molecule has 1 aliphatic rings. The van der Waals surface area contributed by atoms with Crippen LogP contribution in [0.4, 0.5) is 0 Å². The minimum atomic E-state index is 0.128. The van der Waals surface area contributed by atoms with E-state index in [9.17, 15) is 4.79 Å². The maximum absolute atomic E-state index is 11.7. The lowest BCUT2D eigenvalue weighted by atomic mass is 10.1. The number of carbonyl (C=O) groups excluding carboxylic acids is 1. The number of halogens is 2. The number of carbonyl (C=O) groups is 1. The summed E-state index contributed by atoms with van der Waals surface area (Å²) in [6, 6.07) is 6.03. The fourth-order valence-corrected chi connectivity index (χ4v) is 2.43. The molecule has 4 heteroatoms. The van der Waals surface area contributed by atoms with E-state index in [0.717, 1.165) is 26.1 Å². The highest BCUT2D eigenvalue weighted by molar-refractivity contribution is 14.1. The van der Waals surface area contributed by atoms with Crippen molar-refractivity contribution in [1.82, 2.24) is 5.32 Å². The smallest absolute Gasteiger partial charge is 0.224 e. The predicted octanol–water partition coefficient (Wildman–Crippen LogP) is 3.12. The van der Waals surface area contributed by atoms with Crippen molar-refractivity contribution < 1.29 is 4.79 Å². The zero-order chi connectivity index (χ0) is 11.5. The number of rotatable bonds is 4. The Hall–Kier alpha value is -0.100. The third kappa shape index (κ3) is 3.73. The molecular formula is C12H13BrINO. The monoisotopic (exact) mass is 393 g/mol. The molecule has 86 valence electrons. The average Bonchev–Trinajstić information content (AvgIpc) is 3.04. The van der Waals surface area contributed by atoms with Gasteiger partial charge < -0.3 is 5.32 Å². The van der Waals surface area contributed by atoms with Crippen LogP contribution >= 0.6 is 38.5 Å². The van der Waals surface area contributed by atoms with E-state index in [2.05, 4.69) is 43.8 Å². The lowest BCUT2D eigenvalue weighted by Crippen LogP contribution is -2.27. The summed E-state index contributed by atoms with van der Waals surface area (Å²) in [7, 11) is 0. The summed E-state index contributed by atoms with van der Waals surface area (Å²) in [4.78, 5) is 11.7. The van der Waals surface area contributed by atoms with Crippen molar-refractivity contribution in [1.29, 1.82) is 0 Å². The highest BCUT2D eigenvalue weighted by Crippen LogP contribution is 2.27. The third-order valence-electron chi connectivity index (χ3n) is 2.64. The van der Waals surface area contributed by atoms with E-state index < -0.39 is 0 Å². The van der Waals surface area contributed by atoms with Crippen molar-refractivity contribution in [3.63, 3.8) is 0 Å². The Morgan fingerprint density at radius 3 is 2.94 bits per heavy atom. The third-order valence-corrected chi connectivity index (χ3v) is 4.19. The largest absolute Gasteiger partial charge is 0.356 e. The molecule has 1 fully saturated rings. The van der Waals surface area contributed by atoms with Crippen LogP contribution < -0.4 is 5.32 Å². The van der Waals surface area contributed by atoms with Crippen LogP contribution in [0.25, 0.3) is 0 Å². The number of nitrogens with one attached hydrogen (secondary N) is 1. The molecule has 1 aromatic rings. The Labute approximate surface area is 117 Å². The molecule has 1 saturated carbocycles. The van der Waals surface area contributed by atoms with Gasteiger partial charge in [-0.05, 0) is 65.1 Å². The van der Waals surface area contributed by atoms with E-state index in [1.807, 2.05) is 18.2 Å². The molecule has 0 heterocycles. The molecule has 1 N–H and O–H groups in total. The van der Waals surface area contributed by atoms with E-state index in [-0.39, 0.29) is 5.91 Å². The number of benzene rings is 1. The molecule has 0 bridgehead atoms. The SMILES string of the molecule is O=C(Cc1cc(Br)ccc1I)NCC1CC1. The van der Waals surface area contributed by atoms with Gasteiger partial charge in [0.2, 0.25) is 5.91 Å². The summed E-state index contributed by atoms with van der Waals surface area (Å²) in [6.07, 6.45) is 3.02. The summed E-state index contributed by atoms with van der Waals surface area (Å²) >= 11 is 5.69. The minimum Gasteiger partial charge on any atom is -0.356 e. The fourth-order valence-electron chi connectivity index (χ4n) is 1.49. The van der Waals surface area contributed by atoms with Gasteiger partial charge in [0.25, 0.3) is 0 Å². The van der Waals surface area contributed by atoms with Crippen LogP contribution in [0.2, 0.25) is 0 Å². The molecule has 2 nitrogen and oxygen atoms in total. The van der Waals surface area contributed by atoms with Gasteiger partial charge in [-0.25, -0.2) is 0 Å². The number of amides is 1. The van der Waals surface area contributed by atoms with E-state index in [0.29, 0.717) is 6.42 Å². The van der Waals surface area contributed by atoms with E-state index >= 15 is 0 Å². The van der Waals surface area contributed by atoms with Crippen molar-refractivity contribution in [2.24, 2.45) is 5.92 Å². The second-order valence-corrected chi connectivity index (χ2v) is 6.24. The maximum Gasteiger partial charge on any atom is 0.224 e. The summed E-state index contributed by atoms with van der Waals surface area (Å²) in [5.41, 5.74) is 1.09. The zero-order valence-corrected chi connectivity index (χ0v) is 12.5. The van der Waals surface area contributed by atoms with Gasteiger partial charge in [-0.2, -0.15) is 0 Å². The second-order valence-electron chi connectivity index (χ2n) is 4.16. The van der Waals surface area contributed by atoms with Crippen LogP contribution in [0.1, 0.15) is 18.4 Å². The lowest BCUT2D eigenvalue weighted by molar-refractivity contribution is -0.120. The van der Waals surface area contributed by atoms with Crippen molar-refractivity contribution in [3.05, 3.63) is 31.8 Å². The van der Waals surface area contributed by atoms with Gasteiger partial charge in [-0.15, -0.1) is 0 Å². The molecule has 2 rings (SSSR count). The topological polar surface area (TPSA) is 29.1 Å². The highest BCUT2D eigenvalue weighted by atomic mass is 127.